The average Bonchev–Trinajstić information content (AvgIpc) is 3.01. The Bertz CT molecular complexity index is 516. The molecule has 1 aromatic rings. The first-order valence-electron chi connectivity index (χ1n) is 6.87. The summed E-state index contributed by atoms with van der Waals surface area (Å²) in [4.78, 5) is 25.9. The summed E-state index contributed by atoms with van der Waals surface area (Å²) in [6, 6.07) is 9.58. The largest absolute Gasteiger partial charge is 0.465 e. The van der Waals surface area contributed by atoms with Crippen molar-refractivity contribution < 1.29 is 19.1 Å². The molecular formula is C15H17NO4. The molecule has 0 aliphatic carbocycles. The van der Waals surface area contributed by atoms with Crippen molar-refractivity contribution in [2.45, 2.75) is 25.6 Å². The predicted octanol–water partition coefficient (Wildman–Crippen LogP) is 1.50. The van der Waals surface area contributed by atoms with Crippen molar-refractivity contribution in [2.24, 2.45) is 5.92 Å². The smallest absolute Gasteiger partial charge is 0.318 e. The van der Waals surface area contributed by atoms with E-state index in [9.17, 15) is 9.59 Å². The van der Waals surface area contributed by atoms with Gasteiger partial charge in [0.05, 0.1) is 19.3 Å². The highest BCUT2D eigenvalue weighted by Gasteiger charge is 2.51. The maximum atomic E-state index is 12.4. The zero-order valence-electron chi connectivity index (χ0n) is 11.3. The standard InChI is InChI=1S/C15H17NO4/c1-2-19-15(18)12-8-11-9-20-14(16(11)13(12)17)10-6-4-3-5-7-10/h3-7,11-12,14H,2,8-9H2,1H3/t11-,12?,14+/m0/s1. The normalized spacial score (nSPS) is 28.6. The number of fused-ring (bicyclic) bond motifs is 1. The molecule has 2 saturated heterocycles. The van der Waals surface area contributed by atoms with Crippen LogP contribution in [0.15, 0.2) is 30.3 Å². The molecule has 3 rings (SSSR count). The van der Waals surface area contributed by atoms with Crippen molar-refractivity contribution in [3.63, 3.8) is 0 Å². The Morgan fingerprint density at radius 2 is 2.15 bits per heavy atom. The van der Waals surface area contributed by atoms with Crippen LogP contribution in [-0.2, 0) is 19.1 Å². The van der Waals surface area contributed by atoms with Gasteiger partial charge in [-0.05, 0) is 13.3 Å². The molecule has 2 heterocycles. The Balaban J connectivity index is 1.80. The van der Waals surface area contributed by atoms with E-state index in [1.165, 1.54) is 0 Å². The molecule has 0 saturated carbocycles. The van der Waals surface area contributed by atoms with Crippen LogP contribution >= 0.6 is 0 Å². The topological polar surface area (TPSA) is 55.8 Å². The van der Waals surface area contributed by atoms with Crippen LogP contribution in [0.1, 0.15) is 25.1 Å². The van der Waals surface area contributed by atoms with E-state index < -0.39 is 11.9 Å². The summed E-state index contributed by atoms with van der Waals surface area (Å²) in [6.07, 6.45) is 0.106. The molecule has 0 spiro atoms. The van der Waals surface area contributed by atoms with E-state index >= 15 is 0 Å². The Kier molecular flexibility index (Phi) is 3.44. The third kappa shape index (κ3) is 2.08. The molecule has 0 N–H and O–H groups in total. The summed E-state index contributed by atoms with van der Waals surface area (Å²) in [7, 11) is 0. The van der Waals surface area contributed by atoms with Crippen molar-refractivity contribution in [3.8, 4) is 0 Å². The average molecular weight is 275 g/mol. The number of hydrogen-bond donors (Lipinski definition) is 0. The highest BCUT2D eigenvalue weighted by Crippen LogP contribution is 2.39. The summed E-state index contributed by atoms with van der Waals surface area (Å²) in [6.45, 7) is 2.52. The van der Waals surface area contributed by atoms with Gasteiger partial charge in [-0.15, -0.1) is 0 Å². The van der Waals surface area contributed by atoms with Crippen LogP contribution in [0.25, 0.3) is 0 Å². The zero-order valence-corrected chi connectivity index (χ0v) is 11.3. The molecule has 5 nitrogen and oxygen atoms in total. The summed E-state index contributed by atoms with van der Waals surface area (Å²) in [5.41, 5.74) is 0.938. The summed E-state index contributed by atoms with van der Waals surface area (Å²) in [5, 5.41) is 0. The van der Waals surface area contributed by atoms with Crippen LogP contribution in [-0.4, -0.2) is 36.0 Å². The van der Waals surface area contributed by atoms with Gasteiger partial charge in [-0.1, -0.05) is 30.3 Å². The minimum absolute atomic E-state index is 0.0258. The van der Waals surface area contributed by atoms with Crippen LogP contribution in [0.2, 0.25) is 0 Å². The fraction of sp³-hybridized carbons (Fsp3) is 0.467. The lowest BCUT2D eigenvalue weighted by Gasteiger charge is -2.22. The van der Waals surface area contributed by atoms with E-state index in [1.807, 2.05) is 30.3 Å². The second-order valence-corrected chi connectivity index (χ2v) is 5.04. The Hall–Kier alpha value is -1.88. The number of esters is 1. The third-order valence-corrected chi connectivity index (χ3v) is 3.81. The van der Waals surface area contributed by atoms with Crippen molar-refractivity contribution in [3.05, 3.63) is 35.9 Å². The van der Waals surface area contributed by atoms with Gasteiger partial charge in [-0.25, -0.2) is 0 Å². The number of rotatable bonds is 3. The Labute approximate surface area is 117 Å². The number of benzene rings is 1. The van der Waals surface area contributed by atoms with Crippen molar-refractivity contribution in [2.75, 3.05) is 13.2 Å². The quantitative estimate of drug-likeness (QED) is 0.619. The molecule has 106 valence electrons. The van der Waals surface area contributed by atoms with E-state index in [-0.39, 0.29) is 18.2 Å². The van der Waals surface area contributed by atoms with Crippen LogP contribution in [0.5, 0.6) is 0 Å². The Morgan fingerprint density at radius 3 is 2.85 bits per heavy atom. The fourth-order valence-corrected chi connectivity index (χ4v) is 2.90. The van der Waals surface area contributed by atoms with Crippen molar-refractivity contribution in [1.82, 2.24) is 4.90 Å². The minimum Gasteiger partial charge on any atom is -0.465 e. The van der Waals surface area contributed by atoms with Crippen LogP contribution < -0.4 is 0 Å². The molecule has 2 aliphatic rings. The van der Waals surface area contributed by atoms with Crippen molar-refractivity contribution >= 4 is 11.9 Å². The first-order chi connectivity index (χ1) is 9.72. The second-order valence-electron chi connectivity index (χ2n) is 5.04. The van der Waals surface area contributed by atoms with E-state index in [1.54, 1.807) is 11.8 Å². The van der Waals surface area contributed by atoms with Crippen LogP contribution in [0.4, 0.5) is 0 Å². The number of carbonyl (C=O) groups is 2. The van der Waals surface area contributed by atoms with Gasteiger partial charge in [-0.2, -0.15) is 0 Å². The van der Waals surface area contributed by atoms with E-state index in [0.29, 0.717) is 19.6 Å². The molecular weight excluding hydrogens is 258 g/mol. The third-order valence-electron chi connectivity index (χ3n) is 3.81. The molecule has 2 fully saturated rings. The van der Waals surface area contributed by atoms with Gasteiger partial charge in [0.25, 0.3) is 0 Å². The highest BCUT2D eigenvalue weighted by molar-refractivity contribution is 5.99. The van der Waals surface area contributed by atoms with Gasteiger partial charge in [0.1, 0.15) is 5.92 Å². The molecule has 0 bridgehead atoms. The molecule has 3 atom stereocenters. The highest BCUT2D eigenvalue weighted by atomic mass is 16.5. The minimum atomic E-state index is -0.671. The molecule has 1 aromatic carbocycles. The predicted molar refractivity (Wildman–Crippen MR) is 70.5 cm³/mol. The number of amides is 1. The van der Waals surface area contributed by atoms with Gasteiger partial charge in [0.15, 0.2) is 6.23 Å². The zero-order chi connectivity index (χ0) is 14.1. The number of ether oxygens (including phenoxy) is 2. The lowest BCUT2D eigenvalue weighted by molar-refractivity contribution is -0.154. The van der Waals surface area contributed by atoms with Crippen LogP contribution in [0, 0.1) is 5.92 Å². The molecule has 1 amide bonds. The molecule has 0 aromatic heterocycles. The number of carbonyl (C=O) groups excluding carboxylic acids is 2. The molecule has 1 unspecified atom stereocenters. The summed E-state index contributed by atoms with van der Waals surface area (Å²) >= 11 is 0. The van der Waals surface area contributed by atoms with Crippen LogP contribution in [0.3, 0.4) is 0 Å². The first-order valence-corrected chi connectivity index (χ1v) is 6.87. The Morgan fingerprint density at radius 1 is 1.40 bits per heavy atom. The van der Waals surface area contributed by atoms with Crippen molar-refractivity contribution in [1.29, 1.82) is 0 Å². The molecule has 20 heavy (non-hydrogen) atoms. The monoisotopic (exact) mass is 275 g/mol. The van der Waals surface area contributed by atoms with Gasteiger partial charge in [-0.3, -0.25) is 9.59 Å². The van der Waals surface area contributed by atoms with E-state index in [4.69, 9.17) is 9.47 Å². The maximum absolute atomic E-state index is 12.4. The molecule has 0 radical (unpaired) electrons. The lowest BCUT2D eigenvalue weighted by Crippen LogP contribution is -2.34. The van der Waals surface area contributed by atoms with E-state index in [2.05, 4.69) is 0 Å². The summed E-state index contributed by atoms with van der Waals surface area (Å²) in [5.74, 6) is -1.27. The first kappa shape index (κ1) is 13.1. The second kappa shape index (κ2) is 5.25. The van der Waals surface area contributed by atoms with E-state index in [0.717, 1.165) is 5.56 Å². The van der Waals surface area contributed by atoms with Gasteiger partial charge in [0, 0.05) is 5.56 Å². The molecule has 5 heteroatoms. The number of hydrogen-bond acceptors (Lipinski definition) is 4. The SMILES string of the molecule is CCOC(=O)C1C[C@H]2CO[C@H](c3ccccc3)N2C1=O. The number of nitrogens with zero attached hydrogens (tertiary/aromatic N) is 1. The van der Waals surface area contributed by atoms with Gasteiger partial charge >= 0.3 is 5.97 Å². The lowest BCUT2D eigenvalue weighted by atomic mass is 10.1. The maximum Gasteiger partial charge on any atom is 0.318 e. The van der Waals surface area contributed by atoms with Gasteiger partial charge in [0.2, 0.25) is 5.91 Å². The van der Waals surface area contributed by atoms with Gasteiger partial charge < -0.3 is 14.4 Å². The summed E-state index contributed by atoms with van der Waals surface area (Å²) < 4.78 is 10.7. The fourth-order valence-electron chi connectivity index (χ4n) is 2.90. The molecule has 2 aliphatic heterocycles.